The number of anilines is 1. The van der Waals surface area contributed by atoms with Crippen LogP contribution in [0.15, 0.2) is 89.7 Å². The van der Waals surface area contributed by atoms with Crippen LogP contribution < -0.4 is 10.9 Å². The number of rotatable bonds is 5. The first-order chi connectivity index (χ1) is 15.0. The third-order valence-corrected chi connectivity index (χ3v) is 4.69. The van der Waals surface area contributed by atoms with E-state index < -0.39 is 0 Å². The second-order valence-corrected chi connectivity index (χ2v) is 6.92. The molecule has 0 unspecified atom stereocenters. The van der Waals surface area contributed by atoms with E-state index in [-0.39, 0.29) is 17.2 Å². The Morgan fingerprint density at radius 3 is 2.29 bits per heavy atom. The number of para-hydroxylation sites is 2. The lowest BCUT2D eigenvalue weighted by Crippen LogP contribution is -2.22. The fourth-order valence-corrected chi connectivity index (χ4v) is 3.26. The summed E-state index contributed by atoms with van der Waals surface area (Å²) in [7, 11) is 0. The third kappa shape index (κ3) is 4.33. The van der Waals surface area contributed by atoms with E-state index in [1.807, 2.05) is 36.4 Å². The number of nitrogens with one attached hydrogen (secondary N) is 1. The van der Waals surface area contributed by atoms with E-state index in [1.54, 1.807) is 48.5 Å². The highest BCUT2D eigenvalue weighted by Gasteiger charge is 2.11. The Kier molecular flexibility index (Phi) is 5.53. The molecule has 0 fully saturated rings. The largest absolute Gasteiger partial charge is 0.326 e. The molecule has 0 bridgehead atoms. The number of hydrogen-bond acceptors (Lipinski definition) is 4. The Balaban J connectivity index is 1.73. The molecule has 4 aromatic rings. The topological polar surface area (TPSA) is 81.1 Å². The number of carbonyl (C=O) groups is 2. The van der Waals surface area contributed by atoms with Gasteiger partial charge in [0.1, 0.15) is 5.82 Å². The van der Waals surface area contributed by atoms with Crippen molar-refractivity contribution in [3.05, 3.63) is 107 Å². The second-order valence-electron chi connectivity index (χ2n) is 6.92. The number of ketones is 1. The number of nitrogens with zero attached hydrogens (tertiary/aromatic N) is 2. The highest BCUT2D eigenvalue weighted by molar-refractivity contribution is 6.07. The van der Waals surface area contributed by atoms with Crippen molar-refractivity contribution >= 4 is 34.4 Å². The van der Waals surface area contributed by atoms with Crippen molar-refractivity contribution < 1.29 is 9.59 Å². The van der Waals surface area contributed by atoms with Crippen molar-refractivity contribution in [2.45, 2.75) is 6.92 Å². The van der Waals surface area contributed by atoms with Crippen molar-refractivity contribution in [2.24, 2.45) is 0 Å². The standard InChI is InChI=1S/C25H19N3O3/c1-17(29)26-19-13-11-18(12-14-19)23(30)15-16-24-27-22-10-6-5-9-21(22)25(31)28(24)20-7-3-2-4-8-20/h2-16H,1H3,(H,26,29)/b16-15+. The lowest BCUT2D eigenvalue weighted by molar-refractivity contribution is -0.114. The zero-order valence-electron chi connectivity index (χ0n) is 16.8. The Morgan fingerprint density at radius 1 is 0.903 bits per heavy atom. The average molecular weight is 409 g/mol. The minimum Gasteiger partial charge on any atom is -0.326 e. The predicted molar refractivity (Wildman–Crippen MR) is 121 cm³/mol. The van der Waals surface area contributed by atoms with Crippen LogP contribution in [0.5, 0.6) is 0 Å². The van der Waals surface area contributed by atoms with Gasteiger partial charge in [0.05, 0.1) is 16.6 Å². The molecule has 0 saturated carbocycles. The molecule has 1 heterocycles. The summed E-state index contributed by atoms with van der Waals surface area (Å²) in [4.78, 5) is 41.6. The molecule has 6 nitrogen and oxygen atoms in total. The average Bonchev–Trinajstić information content (AvgIpc) is 2.78. The zero-order chi connectivity index (χ0) is 21.8. The molecule has 0 saturated heterocycles. The highest BCUT2D eigenvalue weighted by Crippen LogP contribution is 2.15. The minimum absolute atomic E-state index is 0.180. The molecule has 0 aliphatic rings. The molecule has 4 rings (SSSR count). The number of fused-ring (bicyclic) bond motifs is 1. The normalized spacial score (nSPS) is 11.0. The van der Waals surface area contributed by atoms with Gasteiger partial charge in [-0.05, 0) is 60.7 Å². The number of carbonyl (C=O) groups excluding carboxylic acids is 2. The summed E-state index contributed by atoms with van der Waals surface area (Å²) in [5.74, 6) is -0.0604. The summed E-state index contributed by atoms with van der Waals surface area (Å²) < 4.78 is 1.49. The number of benzene rings is 3. The quantitative estimate of drug-likeness (QED) is 0.395. The maximum Gasteiger partial charge on any atom is 0.266 e. The monoisotopic (exact) mass is 409 g/mol. The summed E-state index contributed by atoms with van der Waals surface area (Å²) >= 11 is 0. The first-order valence-corrected chi connectivity index (χ1v) is 9.70. The van der Waals surface area contributed by atoms with Crippen molar-refractivity contribution in [2.75, 3.05) is 5.32 Å². The summed E-state index contributed by atoms with van der Waals surface area (Å²) in [5.41, 5.74) is 2.09. The third-order valence-electron chi connectivity index (χ3n) is 4.69. The summed E-state index contributed by atoms with van der Waals surface area (Å²) in [6.45, 7) is 1.42. The molecule has 31 heavy (non-hydrogen) atoms. The maximum absolute atomic E-state index is 13.2. The van der Waals surface area contributed by atoms with Crippen LogP contribution in [-0.4, -0.2) is 21.2 Å². The van der Waals surface area contributed by atoms with Gasteiger partial charge < -0.3 is 5.32 Å². The molecule has 1 amide bonds. The van der Waals surface area contributed by atoms with Crippen molar-refractivity contribution in [3.63, 3.8) is 0 Å². The number of amides is 1. The Bertz CT molecular complexity index is 1350. The Hall–Kier alpha value is -4.32. The van der Waals surface area contributed by atoms with Crippen LogP contribution in [0, 0.1) is 0 Å². The molecule has 1 N–H and O–H groups in total. The molecular formula is C25H19N3O3. The van der Waals surface area contributed by atoms with Gasteiger partial charge in [0.2, 0.25) is 5.91 Å². The second kappa shape index (κ2) is 8.59. The minimum atomic E-state index is -0.239. The first-order valence-electron chi connectivity index (χ1n) is 9.70. The van der Waals surface area contributed by atoms with Gasteiger partial charge in [0, 0.05) is 18.2 Å². The predicted octanol–water partition coefficient (Wildman–Crippen LogP) is 4.24. The van der Waals surface area contributed by atoms with Gasteiger partial charge in [0.25, 0.3) is 5.56 Å². The van der Waals surface area contributed by atoms with Gasteiger partial charge in [-0.15, -0.1) is 0 Å². The fraction of sp³-hybridized carbons (Fsp3) is 0.0400. The first kappa shape index (κ1) is 20.0. The van der Waals surface area contributed by atoms with E-state index in [2.05, 4.69) is 10.3 Å². The molecule has 0 aliphatic carbocycles. The molecule has 0 atom stereocenters. The summed E-state index contributed by atoms with van der Waals surface area (Å²) in [6.07, 6.45) is 2.94. The van der Waals surface area contributed by atoms with E-state index in [9.17, 15) is 14.4 Å². The van der Waals surface area contributed by atoms with Crippen molar-refractivity contribution in [1.29, 1.82) is 0 Å². The van der Waals surface area contributed by atoms with Gasteiger partial charge in [-0.25, -0.2) is 4.98 Å². The van der Waals surface area contributed by atoms with Gasteiger partial charge in [-0.3, -0.25) is 19.0 Å². The van der Waals surface area contributed by atoms with Crippen LogP contribution in [0.2, 0.25) is 0 Å². The lowest BCUT2D eigenvalue weighted by Gasteiger charge is -2.11. The molecule has 152 valence electrons. The van der Waals surface area contributed by atoms with Crippen LogP contribution in [0.1, 0.15) is 23.1 Å². The van der Waals surface area contributed by atoms with E-state index >= 15 is 0 Å². The maximum atomic E-state index is 13.2. The van der Waals surface area contributed by atoms with Gasteiger partial charge in [-0.2, -0.15) is 0 Å². The Morgan fingerprint density at radius 2 is 1.58 bits per heavy atom. The van der Waals surface area contributed by atoms with Crippen LogP contribution in [-0.2, 0) is 4.79 Å². The van der Waals surface area contributed by atoms with E-state index in [0.717, 1.165) is 0 Å². The highest BCUT2D eigenvalue weighted by atomic mass is 16.1. The van der Waals surface area contributed by atoms with Crippen molar-refractivity contribution in [1.82, 2.24) is 9.55 Å². The summed E-state index contributed by atoms with van der Waals surface area (Å²) in [5, 5.41) is 3.16. The lowest BCUT2D eigenvalue weighted by atomic mass is 10.1. The molecule has 1 aromatic heterocycles. The Labute approximate surface area is 178 Å². The number of aromatic nitrogens is 2. The molecule has 0 spiro atoms. The van der Waals surface area contributed by atoms with Crippen LogP contribution in [0.4, 0.5) is 5.69 Å². The van der Waals surface area contributed by atoms with Crippen LogP contribution in [0.25, 0.3) is 22.7 Å². The SMILES string of the molecule is CC(=O)Nc1ccc(C(=O)/C=C/c2nc3ccccc3c(=O)n2-c2ccccc2)cc1. The molecule has 6 heteroatoms. The summed E-state index contributed by atoms with van der Waals surface area (Å²) in [6, 6.07) is 22.9. The number of allylic oxidation sites excluding steroid dienone is 1. The smallest absolute Gasteiger partial charge is 0.266 e. The van der Waals surface area contributed by atoms with E-state index in [0.29, 0.717) is 33.7 Å². The van der Waals surface area contributed by atoms with Crippen molar-refractivity contribution in [3.8, 4) is 5.69 Å². The molecule has 0 radical (unpaired) electrons. The van der Waals surface area contributed by atoms with Crippen LogP contribution >= 0.6 is 0 Å². The zero-order valence-corrected chi connectivity index (χ0v) is 16.8. The molecule has 3 aromatic carbocycles. The van der Waals surface area contributed by atoms with Gasteiger partial charge in [-0.1, -0.05) is 30.3 Å². The molecule has 0 aliphatic heterocycles. The number of hydrogen-bond donors (Lipinski definition) is 1. The van der Waals surface area contributed by atoms with E-state index in [1.165, 1.54) is 17.6 Å². The van der Waals surface area contributed by atoms with Gasteiger partial charge in [0.15, 0.2) is 5.78 Å². The molecular weight excluding hydrogens is 390 g/mol. The van der Waals surface area contributed by atoms with Gasteiger partial charge >= 0.3 is 0 Å². The van der Waals surface area contributed by atoms with E-state index in [4.69, 9.17) is 0 Å². The van der Waals surface area contributed by atoms with Crippen LogP contribution in [0.3, 0.4) is 0 Å². The fourth-order valence-electron chi connectivity index (χ4n) is 3.26.